The van der Waals surface area contributed by atoms with E-state index >= 15 is 0 Å². The number of rotatable bonds is 6. The molecule has 2 amide bonds. The van der Waals surface area contributed by atoms with Gasteiger partial charge >= 0.3 is 0 Å². The smallest absolute Gasteiger partial charge is 0.256 e. The molecule has 0 spiro atoms. The highest BCUT2D eigenvalue weighted by Crippen LogP contribution is 2.35. The first-order valence-electron chi connectivity index (χ1n) is 8.71. The number of aromatic amines is 1. The number of likely N-dealkylation sites (tertiary alicyclic amines) is 1. The summed E-state index contributed by atoms with van der Waals surface area (Å²) in [5.74, 6) is 0.506. The fourth-order valence-corrected chi connectivity index (χ4v) is 3.85. The van der Waals surface area contributed by atoms with Crippen LogP contribution in [0.4, 0.5) is 0 Å². The minimum Gasteiger partial charge on any atom is -0.497 e. The molecule has 0 unspecified atom stereocenters. The molecule has 3 rings (SSSR count). The largest absolute Gasteiger partial charge is 0.497 e. The van der Waals surface area contributed by atoms with Gasteiger partial charge in [-0.3, -0.25) is 9.59 Å². The Morgan fingerprint density at radius 2 is 2.15 bits per heavy atom. The lowest BCUT2D eigenvalue weighted by Crippen LogP contribution is -2.52. The van der Waals surface area contributed by atoms with Crippen molar-refractivity contribution in [3.05, 3.63) is 30.0 Å². The van der Waals surface area contributed by atoms with E-state index in [-0.39, 0.29) is 18.2 Å². The number of H-pyrrole nitrogens is 1. The summed E-state index contributed by atoms with van der Waals surface area (Å²) in [4.78, 5) is 30.4. The van der Waals surface area contributed by atoms with E-state index in [1.807, 2.05) is 18.2 Å². The summed E-state index contributed by atoms with van der Waals surface area (Å²) in [6.45, 7) is 0.938. The molecule has 1 aliphatic rings. The first-order chi connectivity index (χ1) is 12.5. The Labute approximate surface area is 152 Å². The van der Waals surface area contributed by atoms with Crippen molar-refractivity contribution in [3.8, 4) is 5.75 Å². The third kappa shape index (κ3) is 3.14. The molecule has 0 bridgehead atoms. The number of nitrogens with zero attached hydrogens (tertiary/aromatic N) is 1. The lowest BCUT2D eigenvalue weighted by Gasteiger charge is -2.37. The number of methoxy groups -OCH3 is 2. The maximum Gasteiger partial charge on any atom is 0.256 e. The summed E-state index contributed by atoms with van der Waals surface area (Å²) in [7, 11) is 4.81. The molecule has 0 radical (unpaired) electrons. The Balaban J connectivity index is 1.98. The van der Waals surface area contributed by atoms with E-state index in [1.165, 1.54) is 0 Å². The summed E-state index contributed by atoms with van der Waals surface area (Å²) in [6.07, 6.45) is 3.54. The number of ether oxygens (including phenoxy) is 2. The van der Waals surface area contributed by atoms with E-state index in [0.29, 0.717) is 24.5 Å². The Morgan fingerprint density at radius 3 is 2.85 bits per heavy atom. The van der Waals surface area contributed by atoms with Gasteiger partial charge in [-0.05, 0) is 31.0 Å². The zero-order chi connectivity index (χ0) is 18.7. The second-order valence-corrected chi connectivity index (χ2v) is 6.68. The van der Waals surface area contributed by atoms with Crippen LogP contribution in [0.1, 0.15) is 29.6 Å². The van der Waals surface area contributed by atoms with Crippen molar-refractivity contribution in [1.82, 2.24) is 15.2 Å². The van der Waals surface area contributed by atoms with Crippen LogP contribution in [-0.4, -0.2) is 61.7 Å². The molecule has 0 aliphatic carbocycles. The van der Waals surface area contributed by atoms with E-state index in [4.69, 9.17) is 9.47 Å². The van der Waals surface area contributed by atoms with Crippen LogP contribution in [0.25, 0.3) is 10.9 Å². The summed E-state index contributed by atoms with van der Waals surface area (Å²) in [6, 6.07) is 5.59. The molecule has 7 nitrogen and oxygen atoms in total. The maximum absolute atomic E-state index is 13.4. The van der Waals surface area contributed by atoms with Gasteiger partial charge in [-0.25, -0.2) is 0 Å². The molecule has 1 saturated heterocycles. The topological polar surface area (TPSA) is 83.7 Å². The van der Waals surface area contributed by atoms with Gasteiger partial charge in [0.15, 0.2) is 0 Å². The van der Waals surface area contributed by atoms with Crippen LogP contribution in [0, 0.1) is 0 Å². The zero-order valence-corrected chi connectivity index (χ0v) is 15.4. The quantitative estimate of drug-likeness (QED) is 0.826. The summed E-state index contributed by atoms with van der Waals surface area (Å²) < 4.78 is 10.7. The standard InChI is InChI=1S/C19H25N3O4/c1-20-17(23)10-19(12-25-2)7-4-8-22(19)18(24)15-11-21-16-6-5-13(26-3)9-14(15)16/h5-6,9,11,21H,4,7-8,10,12H2,1-3H3,(H,20,23)/t19-/m0/s1. The molecule has 1 aromatic carbocycles. The van der Waals surface area contributed by atoms with Crippen molar-refractivity contribution in [2.45, 2.75) is 24.8 Å². The second kappa shape index (κ2) is 7.37. The summed E-state index contributed by atoms with van der Waals surface area (Å²) in [5.41, 5.74) is 0.837. The number of amides is 2. The normalized spacial score (nSPS) is 19.7. The Kier molecular flexibility index (Phi) is 5.18. The van der Waals surface area contributed by atoms with Crippen molar-refractivity contribution in [1.29, 1.82) is 0 Å². The van der Waals surface area contributed by atoms with E-state index in [2.05, 4.69) is 10.3 Å². The number of hydrogen-bond acceptors (Lipinski definition) is 4. The molecule has 2 aromatic rings. The molecule has 2 heterocycles. The van der Waals surface area contributed by atoms with Gasteiger partial charge in [-0.15, -0.1) is 0 Å². The minimum absolute atomic E-state index is 0.0945. The number of carbonyl (C=O) groups is 2. The molecule has 0 saturated carbocycles. The summed E-state index contributed by atoms with van der Waals surface area (Å²) in [5, 5.41) is 3.47. The first-order valence-corrected chi connectivity index (χ1v) is 8.71. The monoisotopic (exact) mass is 359 g/mol. The van der Waals surface area contributed by atoms with E-state index in [0.717, 1.165) is 23.7 Å². The first kappa shape index (κ1) is 18.3. The lowest BCUT2D eigenvalue weighted by atomic mass is 9.91. The fraction of sp³-hybridized carbons (Fsp3) is 0.474. The van der Waals surface area contributed by atoms with Gasteiger partial charge in [-0.2, -0.15) is 0 Å². The molecule has 26 heavy (non-hydrogen) atoms. The van der Waals surface area contributed by atoms with Gasteiger partial charge in [0, 0.05) is 37.8 Å². The Morgan fingerprint density at radius 1 is 1.35 bits per heavy atom. The highest BCUT2D eigenvalue weighted by molar-refractivity contribution is 6.07. The predicted molar refractivity (Wildman–Crippen MR) is 98.4 cm³/mol. The third-order valence-electron chi connectivity index (χ3n) is 5.14. The maximum atomic E-state index is 13.4. The molecule has 1 atom stereocenters. The highest BCUT2D eigenvalue weighted by Gasteiger charge is 2.45. The molecule has 2 N–H and O–H groups in total. The van der Waals surface area contributed by atoms with Crippen molar-refractivity contribution >= 4 is 22.7 Å². The zero-order valence-electron chi connectivity index (χ0n) is 15.4. The van der Waals surface area contributed by atoms with Crippen molar-refractivity contribution < 1.29 is 19.1 Å². The molecule has 1 aliphatic heterocycles. The third-order valence-corrected chi connectivity index (χ3v) is 5.14. The molecular formula is C19H25N3O4. The van der Waals surface area contributed by atoms with E-state index < -0.39 is 5.54 Å². The number of fused-ring (bicyclic) bond motifs is 1. The molecule has 1 aromatic heterocycles. The lowest BCUT2D eigenvalue weighted by molar-refractivity contribution is -0.123. The van der Waals surface area contributed by atoms with Crippen LogP contribution >= 0.6 is 0 Å². The van der Waals surface area contributed by atoms with Gasteiger partial charge in [0.1, 0.15) is 5.75 Å². The van der Waals surface area contributed by atoms with Gasteiger partial charge in [0.25, 0.3) is 5.91 Å². The predicted octanol–water partition coefficient (Wildman–Crippen LogP) is 1.93. The second-order valence-electron chi connectivity index (χ2n) is 6.68. The van der Waals surface area contributed by atoms with Crippen LogP contribution < -0.4 is 10.1 Å². The van der Waals surface area contributed by atoms with Crippen LogP contribution in [0.5, 0.6) is 5.75 Å². The number of benzene rings is 1. The Bertz CT molecular complexity index is 816. The van der Waals surface area contributed by atoms with Crippen LogP contribution in [0.15, 0.2) is 24.4 Å². The number of nitrogens with one attached hydrogen (secondary N) is 2. The van der Waals surface area contributed by atoms with Crippen molar-refractivity contribution in [3.63, 3.8) is 0 Å². The molecule has 140 valence electrons. The minimum atomic E-state index is -0.617. The summed E-state index contributed by atoms with van der Waals surface area (Å²) >= 11 is 0. The van der Waals surface area contributed by atoms with Crippen molar-refractivity contribution in [2.75, 3.05) is 34.4 Å². The fourth-order valence-electron chi connectivity index (χ4n) is 3.85. The SMILES string of the molecule is CNC(=O)C[C@]1(COC)CCCN1C(=O)c1c[nH]c2ccc(OC)cc12. The number of hydrogen-bond donors (Lipinski definition) is 2. The van der Waals surface area contributed by atoms with E-state index in [9.17, 15) is 9.59 Å². The van der Waals surface area contributed by atoms with E-state index in [1.54, 1.807) is 32.4 Å². The van der Waals surface area contributed by atoms with Crippen LogP contribution in [-0.2, 0) is 9.53 Å². The molecular weight excluding hydrogens is 334 g/mol. The molecule has 7 heteroatoms. The number of aromatic nitrogens is 1. The van der Waals surface area contributed by atoms with Gasteiger partial charge in [0.05, 0.1) is 31.2 Å². The van der Waals surface area contributed by atoms with Crippen LogP contribution in [0.3, 0.4) is 0 Å². The Hall–Kier alpha value is -2.54. The average molecular weight is 359 g/mol. The van der Waals surface area contributed by atoms with Crippen LogP contribution in [0.2, 0.25) is 0 Å². The highest BCUT2D eigenvalue weighted by atomic mass is 16.5. The van der Waals surface area contributed by atoms with Gasteiger partial charge in [-0.1, -0.05) is 0 Å². The molecule has 1 fully saturated rings. The van der Waals surface area contributed by atoms with Gasteiger partial charge < -0.3 is 24.7 Å². The van der Waals surface area contributed by atoms with Crippen molar-refractivity contribution in [2.24, 2.45) is 0 Å². The average Bonchev–Trinajstić information content (AvgIpc) is 3.25. The number of carbonyl (C=O) groups excluding carboxylic acids is 2. The van der Waals surface area contributed by atoms with Gasteiger partial charge in [0.2, 0.25) is 5.91 Å².